The van der Waals surface area contributed by atoms with E-state index >= 15 is 0 Å². The lowest BCUT2D eigenvalue weighted by atomic mass is 10.1. The molecule has 0 unspecified atom stereocenters. The highest BCUT2D eigenvalue weighted by Crippen LogP contribution is 2.34. The molecule has 2 N–H and O–H groups in total. The number of hydrogen-bond acceptors (Lipinski definition) is 4. The molecule has 0 bridgehead atoms. The molecule has 0 aromatic heterocycles. The highest BCUT2D eigenvalue weighted by atomic mass is 35.5. The largest absolute Gasteiger partial charge is 0.365 e. The van der Waals surface area contributed by atoms with Gasteiger partial charge in [0.25, 0.3) is 5.91 Å². The van der Waals surface area contributed by atoms with Gasteiger partial charge in [0.05, 0.1) is 16.4 Å². The van der Waals surface area contributed by atoms with Crippen molar-refractivity contribution in [1.82, 2.24) is 10.2 Å². The minimum atomic E-state index is -0.153. The van der Waals surface area contributed by atoms with Gasteiger partial charge < -0.3 is 20.4 Å². The average Bonchev–Trinajstić information content (AvgIpc) is 2.74. The van der Waals surface area contributed by atoms with Crippen LogP contribution in [0.2, 0.25) is 5.02 Å². The van der Waals surface area contributed by atoms with Crippen LogP contribution in [0, 0.1) is 6.92 Å². The van der Waals surface area contributed by atoms with Crippen molar-refractivity contribution < 1.29 is 9.59 Å². The first-order valence-corrected chi connectivity index (χ1v) is 10.7. The second kappa shape index (κ2) is 9.91. The minimum absolute atomic E-state index is 0.0376. The first-order valence-electron chi connectivity index (χ1n) is 9.89. The average molecular weight is 445 g/mol. The van der Waals surface area contributed by atoms with Crippen LogP contribution >= 0.6 is 23.8 Å². The van der Waals surface area contributed by atoms with E-state index < -0.39 is 0 Å². The van der Waals surface area contributed by atoms with E-state index in [1.54, 1.807) is 6.92 Å². The van der Waals surface area contributed by atoms with Crippen LogP contribution in [0.3, 0.4) is 0 Å². The predicted octanol–water partition coefficient (Wildman–Crippen LogP) is 3.83. The fourth-order valence-electron chi connectivity index (χ4n) is 3.32. The Balaban J connectivity index is 1.69. The molecule has 6 nitrogen and oxygen atoms in total. The van der Waals surface area contributed by atoms with E-state index in [4.69, 9.17) is 23.8 Å². The summed E-state index contributed by atoms with van der Waals surface area (Å²) in [5.41, 5.74) is 3.37. The lowest BCUT2D eigenvalue weighted by molar-refractivity contribution is -0.119. The van der Waals surface area contributed by atoms with Gasteiger partial charge in [-0.2, -0.15) is 0 Å². The normalized spacial score (nSPS) is 13.7. The Bertz CT molecular complexity index is 941. The Morgan fingerprint density at radius 2 is 1.73 bits per heavy atom. The summed E-state index contributed by atoms with van der Waals surface area (Å²) in [5.74, 6) is -0.116. The van der Waals surface area contributed by atoms with Crippen molar-refractivity contribution in [2.24, 2.45) is 0 Å². The van der Waals surface area contributed by atoms with Gasteiger partial charge in [0.2, 0.25) is 5.91 Å². The summed E-state index contributed by atoms with van der Waals surface area (Å²) in [5, 5.41) is 6.53. The van der Waals surface area contributed by atoms with Crippen LogP contribution in [-0.2, 0) is 4.79 Å². The van der Waals surface area contributed by atoms with E-state index in [1.807, 2.05) is 54.3 Å². The maximum atomic E-state index is 12.8. The Morgan fingerprint density at radius 1 is 1.07 bits per heavy atom. The van der Waals surface area contributed by atoms with Crippen LogP contribution in [0.1, 0.15) is 29.3 Å². The van der Waals surface area contributed by atoms with E-state index in [2.05, 4.69) is 15.5 Å². The first kappa shape index (κ1) is 22.1. The lowest BCUT2D eigenvalue weighted by Gasteiger charge is -2.37. The van der Waals surface area contributed by atoms with Crippen molar-refractivity contribution in [3.63, 3.8) is 0 Å². The number of carbonyl (C=O) groups is 2. The molecule has 8 heteroatoms. The Labute approximate surface area is 187 Å². The number of nitrogens with one attached hydrogen (secondary N) is 2. The van der Waals surface area contributed by atoms with Gasteiger partial charge in [-0.1, -0.05) is 42.3 Å². The number of halogens is 1. The second-order valence-electron chi connectivity index (χ2n) is 7.14. The number of rotatable bonds is 4. The number of carbonyl (C=O) groups excluding carboxylic acids is 2. The molecule has 158 valence electrons. The molecule has 0 atom stereocenters. The number of hydrogen-bond donors (Lipinski definition) is 2. The molecule has 0 radical (unpaired) electrons. The molecule has 2 aromatic carbocycles. The van der Waals surface area contributed by atoms with E-state index in [0.29, 0.717) is 43.2 Å². The summed E-state index contributed by atoms with van der Waals surface area (Å²) in [6, 6.07) is 13.2. The molecule has 0 saturated carbocycles. The topological polar surface area (TPSA) is 64.7 Å². The molecule has 2 amide bonds. The summed E-state index contributed by atoms with van der Waals surface area (Å²) in [6.07, 6.45) is 0.348. The van der Waals surface area contributed by atoms with E-state index in [1.165, 1.54) is 0 Å². The highest BCUT2D eigenvalue weighted by Gasteiger charge is 2.25. The van der Waals surface area contributed by atoms with Crippen molar-refractivity contribution >= 4 is 52.1 Å². The predicted molar refractivity (Wildman–Crippen MR) is 125 cm³/mol. The van der Waals surface area contributed by atoms with E-state index in [0.717, 1.165) is 16.9 Å². The van der Waals surface area contributed by atoms with Crippen LogP contribution in [-0.4, -0.2) is 48.0 Å². The summed E-state index contributed by atoms with van der Waals surface area (Å²) in [7, 11) is 0. The smallest absolute Gasteiger partial charge is 0.253 e. The van der Waals surface area contributed by atoms with Gasteiger partial charge in [0, 0.05) is 38.2 Å². The quantitative estimate of drug-likeness (QED) is 0.701. The molecule has 1 aliphatic heterocycles. The van der Waals surface area contributed by atoms with Gasteiger partial charge in [-0.15, -0.1) is 0 Å². The minimum Gasteiger partial charge on any atom is -0.365 e. The summed E-state index contributed by atoms with van der Waals surface area (Å²) in [4.78, 5) is 28.4. The zero-order chi connectivity index (χ0) is 21.7. The number of piperazine rings is 1. The summed E-state index contributed by atoms with van der Waals surface area (Å²) >= 11 is 11.7. The first-order chi connectivity index (χ1) is 14.4. The van der Waals surface area contributed by atoms with E-state index in [9.17, 15) is 9.59 Å². The Kier molecular flexibility index (Phi) is 7.29. The highest BCUT2D eigenvalue weighted by molar-refractivity contribution is 7.80. The Hall–Kier alpha value is -2.64. The molecule has 0 spiro atoms. The van der Waals surface area contributed by atoms with E-state index in [-0.39, 0.29) is 16.9 Å². The second-order valence-corrected chi connectivity index (χ2v) is 7.95. The fourth-order valence-corrected chi connectivity index (χ4v) is 3.84. The van der Waals surface area contributed by atoms with Gasteiger partial charge in [-0.3, -0.25) is 9.59 Å². The third-order valence-electron chi connectivity index (χ3n) is 4.99. The third-order valence-corrected chi connectivity index (χ3v) is 5.50. The van der Waals surface area contributed by atoms with Crippen LogP contribution in [0.25, 0.3) is 0 Å². The maximum absolute atomic E-state index is 12.8. The molecule has 1 heterocycles. The molecule has 1 fully saturated rings. The van der Waals surface area contributed by atoms with Crippen LogP contribution in [0.15, 0.2) is 42.5 Å². The molecule has 1 aliphatic rings. The SMILES string of the molecule is CCC(=O)NC(=S)Nc1cccc(Cl)c1N1CCN(C(=O)c2ccc(C)cc2)CC1. The molecule has 0 aliphatic carbocycles. The van der Waals surface area contributed by atoms with Gasteiger partial charge in [-0.25, -0.2) is 0 Å². The van der Waals surface area contributed by atoms with Gasteiger partial charge in [-0.05, 0) is 43.4 Å². The molecule has 3 rings (SSSR count). The molecular weight excluding hydrogens is 420 g/mol. The molecule has 1 saturated heterocycles. The van der Waals surface area contributed by atoms with Gasteiger partial charge in [0.1, 0.15) is 0 Å². The number of thiocarbonyl (C=S) groups is 1. The summed E-state index contributed by atoms with van der Waals surface area (Å²) < 4.78 is 0. The number of para-hydroxylation sites is 1. The zero-order valence-corrected chi connectivity index (χ0v) is 18.6. The van der Waals surface area contributed by atoms with Crippen molar-refractivity contribution in [2.45, 2.75) is 20.3 Å². The molecule has 2 aromatic rings. The van der Waals surface area contributed by atoms with Crippen LogP contribution in [0.5, 0.6) is 0 Å². The zero-order valence-electron chi connectivity index (χ0n) is 17.1. The number of aryl methyl sites for hydroxylation is 1. The van der Waals surface area contributed by atoms with Crippen molar-refractivity contribution in [3.05, 3.63) is 58.6 Å². The standard InChI is InChI=1S/C22H25ClN4O2S/c1-3-19(28)25-22(30)24-18-6-4-5-17(23)20(18)26-11-13-27(14-12-26)21(29)16-9-7-15(2)8-10-16/h4-10H,3,11-14H2,1-2H3,(H2,24,25,28,30). The van der Waals surface area contributed by atoms with Crippen LogP contribution in [0.4, 0.5) is 11.4 Å². The number of nitrogens with zero attached hydrogens (tertiary/aromatic N) is 2. The number of benzene rings is 2. The third kappa shape index (κ3) is 5.29. The van der Waals surface area contributed by atoms with Crippen molar-refractivity contribution in [2.75, 3.05) is 36.4 Å². The van der Waals surface area contributed by atoms with Crippen molar-refractivity contribution in [1.29, 1.82) is 0 Å². The number of amides is 2. The monoisotopic (exact) mass is 444 g/mol. The van der Waals surface area contributed by atoms with Gasteiger partial charge in [0.15, 0.2) is 5.11 Å². The van der Waals surface area contributed by atoms with Gasteiger partial charge >= 0.3 is 0 Å². The van der Waals surface area contributed by atoms with Crippen molar-refractivity contribution in [3.8, 4) is 0 Å². The maximum Gasteiger partial charge on any atom is 0.253 e. The Morgan fingerprint density at radius 3 is 2.37 bits per heavy atom. The van der Waals surface area contributed by atoms with Crippen LogP contribution < -0.4 is 15.5 Å². The molecular formula is C22H25ClN4O2S. The summed E-state index contributed by atoms with van der Waals surface area (Å²) in [6.45, 7) is 6.23. The number of anilines is 2. The fraction of sp³-hybridized carbons (Fsp3) is 0.318. The lowest BCUT2D eigenvalue weighted by Crippen LogP contribution is -2.49. The molecule has 30 heavy (non-hydrogen) atoms.